The van der Waals surface area contributed by atoms with E-state index in [-0.39, 0.29) is 0 Å². The van der Waals surface area contributed by atoms with Gasteiger partial charge >= 0.3 is 0 Å². The van der Waals surface area contributed by atoms with Gasteiger partial charge in [-0.25, -0.2) is 0 Å². The second kappa shape index (κ2) is 2.30. The lowest BCUT2D eigenvalue weighted by atomic mass is 10.4. The summed E-state index contributed by atoms with van der Waals surface area (Å²) in [7, 11) is 0. The van der Waals surface area contributed by atoms with Gasteiger partial charge in [-0.2, -0.15) is 13.2 Å². The maximum absolute atomic E-state index is 12.1. The largest absolute Gasteiger partial charge is 0.501 e. The van der Waals surface area contributed by atoms with Crippen LogP contribution < -0.4 is 5.43 Å². The molecule has 0 amide bonds. The maximum Gasteiger partial charge on any atom is 0.265 e. The number of hydrogen-bond acceptors (Lipinski definition) is 2. The number of halogens is 3. The Hall–Kier alpha value is -1.46. The van der Waals surface area contributed by atoms with E-state index < -0.39 is 28.9 Å². The average Bonchev–Trinajstić information content (AvgIpc) is 1.97. The summed E-state index contributed by atoms with van der Waals surface area (Å²) in [6.45, 7) is 0. The van der Waals surface area contributed by atoms with Crippen LogP contribution in [0.1, 0.15) is 0 Å². The summed E-state index contributed by atoms with van der Waals surface area (Å²) in [5.41, 5.74) is -1.70. The number of aromatic amines is 1. The third kappa shape index (κ3) is 1.06. The highest BCUT2D eigenvalue weighted by atomic mass is 19.2. The van der Waals surface area contributed by atoms with Gasteiger partial charge in [-0.3, -0.25) is 4.79 Å². The predicted octanol–water partition coefficient (Wildman–Crippen LogP) is 0.498. The molecule has 0 atom stereocenters. The maximum atomic E-state index is 12.1. The van der Waals surface area contributed by atoms with Gasteiger partial charge in [-0.05, 0) is 0 Å². The molecule has 0 aromatic carbocycles. The molecule has 0 saturated heterocycles. The summed E-state index contributed by atoms with van der Waals surface area (Å²) in [6, 6.07) is 0. The lowest BCUT2D eigenvalue weighted by molar-refractivity contribution is 0.376. The Balaban J connectivity index is 3.59. The molecular weight excluding hydrogens is 163 g/mol. The second-order valence-corrected chi connectivity index (χ2v) is 1.74. The monoisotopic (exact) mass is 165 g/mol. The van der Waals surface area contributed by atoms with E-state index in [1.165, 1.54) is 4.98 Å². The Bertz CT molecular complexity index is 317. The molecule has 2 N–H and O–H groups in total. The third-order valence-electron chi connectivity index (χ3n) is 1.03. The number of rotatable bonds is 0. The van der Waals surface area contributed by atoms with E-state index in [9.17, 15) is 18.0 Å². The summed E-state index contributed by atoms with van der Waals surface area (Å²) in [4.78, 5) is 11.5. The number of hydrogen-bond donors (Lipinski definition) is 2. The normalized spacial score (nSPS) is 10.1. The molecular formula is C5H2F3NO2. The second-order valence-electron chi connectivity index (χ2n) is 1.74. The summed E-state index contributed by atoms with van der Waals surface area (Å²) < 4.78 is 36.3. The highest BCUT2D eigenvalue weighted by Crippen LogP contribution is 2.08. The van der Waals surface area contributed by atoms with Crippen LogP contribution in [0.2, 0.25) is 0 Å². The number of H-pyrrole nitrogens is 1. The molecule has 11 heavy (non-hydrogen) atoms. The molecule has 0 aliphatic carbocycles. The summed E-state index contributed by atoms with van der Waals surface area (Å²) >= 11 is 0. The zero-order valence-corrected chi connectivity index (χ0v) is 4.99. The minimum absolute atomic E-state index is 1.19. The zero-order chi connectivity index (χ0) is 8.59. The first-order valence-corrected chi connectivity index (χ1v) is 2.49. The highest BCUT2D eigenvalue weighted by molar-refractivity contribution is 5.18. The number of nitrogens with one attached hydrogen (secondary N) is 1. The summed E-state index contributed by atoms with van der Waals surface area (Å²) in [6.07, 6.45) is 0. The molecule has 0 unspecified atom stereocenters. The van der Waals surface area contributed by atoms with Crippen LogP contribution in [0.3, 0.4) is 0 Å². The van der Waals surface area contributed by atoms with Crippen LogP contribution in [-0.4, -0.2) is 10.1 Å². The van der Waals surface area contributed by atoms with Crippen LogP contribution in [0.25, 0.3) is 0 Å². The van der Waals surface area contributed by atoms with Gasteiger partial charge in [-0.1, -0.05) is 0 Å². The van der Waals surface area contributed by atoms with Gasteiger partial charge in [-0.15, -0.1) is 0 Å². The van der Waals surface area contributed by atoms with Crippen molar-refractivity contribution in [2.45, 2.75) is 0 Å². The Morgan fingerprint density at radius 3 is 2.27 bits per heavy atom. The molecule has 3 nitrogen and oxygen atoms in total. The molecule has 1 rings (SSSR count). The van der Waals surface area contributed by atoms with Crippen molar-refractivity contribution in [2.75, 3.05) is 0 Å². The van der Waals surface area contributed by atoms with Gasteiger partial charge in [0.05, 0.1) is 0 Å². The molecule has 0 spiro atoms. The Morgan fingerprint density at radius 1 is 1.18 bits per heavy atom. The van der Waals surface area contributed by atoms with E-state index in [4.69, 9.17) is 5.11 Å². The van der Waals surface area contributed by atoms with Crippen LogP contribution in [0, 0.1) is 17.7 Å². The Kier molecular flexibility index (Phi) is 1.60. The Labute approximate surface area is 58.1 Å². The predicted molar refractivity (Wildman–Crippen MR) is 28.6 cm³/mol. The molecule has 6 heteroatoms. The van der Waals surface area contributed by atoms with Crippen LogP contribution in [0.5, 0.6) is 5.75 Å². The number of aromatic nitrogens is 1. The van der Waals surface area contributed by atoms with E-state index in [2.05, 4.69) is 0 Å². The smallest absolute Gasteiger partial charge is 0.265 e. The fraction of sp³-hybridized carbons (Fsp3) is 0. The van der Waals surface area contributed by atoms with Crippen molar-refractivity contribution in [3.8, 4) is 5.75 Å². The van der Waals surface area contributed by atoms with E-state index in [1.807, 2.05) is 0 Å². The topological polar surface area (TPSA) is 53.1 Å². The number of pyridine rings is 1. The fourth-order valence-corrected chi connectivity index (χ4v) is 0.514. The van der Waals surface area contributed by atoms with Gasteiger partial charge in [0.15, 0.2) is 0 Å². The first-order chi connectivity index (χ1) is 5.04. The Morgan fingerprint density at radius 2 is 1.73 bits per heavy atom. The average molecular weight is 165 g/mol. The van der Waals surface area contributed by atoms with Crippen LogP contribution in [0.15, 0.2) is 4.79 Å². The van der Waals surface area contributed by atoms with E-state index in [1.54, 1.807) is 0 Å². The summed E-state index contributed by atoms with van der Waals surface area (Å²) in [5, 5.41) is 8.39. The van der Waals surface area contributed by atoms with Gasteiger partial charge in [0.2, 0.25) is 23.5 Å². The summed E-state index contributed by atoms with van der Waals surface area (Å²) in [5.74, 6) is -6.60. The number of aromatic hydroxyl groups is 1. The van der Waals surface area contributed by atoms with E-state index in [0.717, 1.165) is 0 Å². The van der Waals surface area contributed by atoms with E-state index in [0.29, 0.717) is 0 Å². The quantitative estimate of drug-likeness (QED) is 0.550. The van der Waals surface area contributed by atoms with Crippen molar-refractivity contribution < 1.29 is 18.3 Å². The van der Waals surface area contributed by atoms with Gasteiger partial charge in [0.25, 0.3) is 5.43 Å². The first kappa shape index (κ1) is 7.64. The first-order valence-electron chi connectivity index (χ1n) is 2.49. The SMILES string of the molecule is O=c1c(O)c(F)[nH]c(F)c1F. The highest BCUT2D eigenvalue weighted by Gasteiger charge is 2.15. The van der Waals surface area contributed by atoms with Crippen molar-refractivity contribution in [1.82, 2.24) is 4.98 Å². The molecule has 0 fully saturated rings. The standard InChI is InChI=1S/C5H2F3NO2/c6-1-2(10)3(11)5(8)9-4(1)7/h11H,(H,9,10). The van der Waals surface area contributed by atoms with Crippen molar-refractivity contribution in [3.05, 3.63) is 27.9 Å². The molecule has 1 aromatic heterocycles. The third-order valence-corrected chi connectivity index (χ3v) is 1.03. The van der Waals surface area contributed by atoms with Crippen molar-refractivity contribution in [3.63, 3.8) is 0 Å². The fourth-order valence-electron chi connectivity index (χ4n) is 0.514. The lowest BCUT2D eigenvalue weighted by Crippen LogP contribution is -2.12. The molecule has 0 aliphatic heterocycles. The molecule has 0 saturated carbocycles. The lowest BCUT2D eigenvalue weighted by Gasteiger charge is -1.94. The van der Waals surface area contributed by atoms with Crippen molar-refractivity contribution in [1.29, 1.82) is 0 Å². The van der Waals surface area contributed by atoms with E-state index >= 15 is 0 Å². The van der Waals surface area contributed by atoms with Gasteiger partial charge in [0, 0.05) is 0 Å². The molecule has 0 aliphatic rings. The van der Waals surface area contributed by atoms with Crippen LogP contribution >= 0.6 is 0 Å². The van der Waals surface area contributed by atoms with Gasteiger partial charge in [0.1, 0.15) is 0 Å². The zero-order valence-electron chi connectivity index (χ0n) is 4.99. The van der Waals surface area contributed by atoms with Crippen molar-refractivity contribution >= 4 is 0 Å². The van der Waals surface area contributed by atoms with Gasteiger partial charge < -0.3 is 10.1 Å². The molecule has 1 heterocycles. The molecule has 0 radical (unpaired) electrons. The van der Waals surface area contributed by atoms with Crippen molar-refractivity contribution in [2.24, 2.45) is 0 Å². The molecule has 60 valence electrons. The molecule has 0 bridgehead atoms. The minimum atomic E-state index is -1.83. The van der Waals surface area contributed by atoms with Crippen LogP contribution in [0.4, 0.5) is 13.2 Å². The van der Waals surface area contributed by atoms with Crippen LogP contribution in [-0.2, 0) is 0 Å². The molecule has 1 aromatic rings. The minimum Gasteiger partial charge on any atom is -0.501 e.